The predicted molar refractivity (Wildman–Crippen MR) is 119 cm³/mol. The van der Waals surface area contributed by atoms with Gasteiger partial charge in [-0.3, -0.25) is 4.99 Å². The highest BCUT2D eigenvalue weighted by Gasteiger charge is 2.22. The van der Waals surface area contributed by atoms with Gasteiger partial charge in [-0.15, -0.1) is 24.0 Å². The second-order valence-corrected chi connectivity index (χ2v) is 7.73. The Balaban J connectivity index is 0.00000312. The van der Waals surface area contributed by atoms with E-state index in [1.54, 1.807) is 0 Å². The molecule has 2 aliphatic rings. The molecule has 0 aromatic rings. The highest BCUT2D eigenvalue weighted by Crippen LogP contribution is 2.21. The van der Waals surface area contributed by atoms with Gasteiger partial charge in [0.2, 0.25) is 0 Å². The van der Waals surface area contributed by atoms with Gasteiger partial charge >= 0.3 is 0 Å². The molecule has 2 rings (SSSR count). The van der Waals surface area contributed by atoms with E-state index in [2.05, 4.69) is 48.3 Å². The first-order valence-electron chi connectivity index (χ1n) is 10.1. The maximum atomic E-state index is 4.81. The third-order valence-electron chi connectivity index (χ3n) is 5.62. The molecule has 1 saturated carbocycles. The van der Waals surface area contributed by atoms with Crippen molar-refractivity contribution in [3.8, 4) is 0 Å². The van der Waals surface area contributed by atoms with Crippen LogP contribution in [0.3, 0.4) is 0 Å². The van der Waals surface area contributed by atoms with Crippen LogP contribution in [0.15, 0.2) is 4.99 Å². The van der Waals surface area contributed by atoms with Crippen LogP contribution < -0.4 is 10.6 Å². The fourth-order valence-electron chi connectivity index (χ4n) is 3.92. The summed E-state index contributed by atoms with van der Waals surface area (Å²) in [5.74, 6) is 1.00. The Morgan fingerprint density at radius 3 is 2.36 bits per heavy atom. The molecular weight excluding hydrogens is 425 g/mol. The van der Waals surface area contributed by atoms with E-state index in [1.165, 1.54) is 51.6 Å². The number of guanidine groups is 1. The molecular formula is C19H40IN5. The molecule has 0 aromatic heterocycles. The summed E-state index contributed by atoms with van der Waals surface area (Å²) in [5, 5.41) is 7.07. The highest BCUT2D eigenvalue weighted by molar-refractivity contribution is 14.0. The van der Waals surface area contributed by atoms with Crippen LogP contribution in [0.1, 0.15) is 59.3 Å². The van der Waals surface area contributed by atoms with Gasteiger partial charge in [0.05, 0.1) is 6.54 Å². The van der Waals surface area contributed by atoms with E-state index >= 15 is 0 Å². The second kappa shape index (κ2) is 12.3. The number of hydrogen-bond acceptors (Lipinski definition) is 3. The minimum Gasteiger partial charge on any atom is -0.357 e. The topological polar surface area (TPSA) is 42.9 Å². The van der Waals surface area contributed by atoms with E-state index in [-0.39, 0.29) is 24.0 Å². The number of hydrogen-bond donors (Lipinski definition) is 2. The Morgan fingerprint density at radius 2 is 1.80 bits per heavy atom. The first kappa shape index (κ1) is 23.0. The van der Waals surface area contributed by atoms with Crippen molar-refractivity contribution < 1.29 is 0 Å². The van der Waals surface area contributed by atoms with Gasteiger partial charge in [-0.1, -0.05) is 12.8 Å². The summed E-state index contributed by atoms with van der Waals surface area (Å²) in [6.07, 6.45) is 7.96. The van der Waals surface area contributed by atoms with Crippen molar-refractivity contribution in [2.24, 2.45) is 4.99 Å². The fourth-order valence-corrected chi connectivity index (χ4v) is 3.92. The summed E-state index contributed by atoms with van der Waals surface area (Å²) in [7, 11) is 2.26. The fraction of sp³-hybridized carbons (Fsp3) is 0.947. The lowest BCUT2D eigenvalue weighted by Crippen LogP contribution is -2.50. The van der Waals surface area contributed by atoms with Crippen molar-refractivity contribution in [1.82, 2.24) is 20.4 Å². The molecule has 0 atom stereocenters. The molecule has 1 aliphatic carbocycles. The zero-order chi connectivity index (χ0) is 17.4. The molecule has 0 aromatic carbocycles. The van der Waals surface area contributed by atoms with E-state index in [4.69, 9.17) is 4.99 Å². The molecule has 0 spiro atoms. The van der Waals surface area contributed by atoms with Crippen molar-refractivity contribution >= 4 is 29.9 Å². The molecule has 1 aliphatic heterocycles. The summed E-state index contributed by atoms with van der Waals surface area (Å²) in [6.45, 7) is 12.0. The van der Waals surface area contributed by atoms with Crippen LogP contribution in [-0.4, -0.2) is 73.7 Å². The number of likely N-dealkylation sites (N-methyl/N-ethyl adjacent to an activating group) is 1. The molecule has 148 valence electrons. The predicted octanol–water partition coefficient (Wildman–Crippen LogP) is 2.91. The normalized spacial score (nSPS) is 21.0. The number of rotatable bonds is 7. The zero-order valence-corrected chi connectivity index (χ0v) is 19.1. The summed E-state index contributed by atoms with van der Waals surface area (Å²) >= 11 is 0. The van der Waals surface area contributed by atoms with Crippen molar-refractivity contribution in [1.29, 1.82) is 0 Å². The number of likely N-dealkylation sites (tertiary alicyclic amines) is 1. The van der Waals surface area contributed by atoms with E-state index in [0.717, 1.165) is 31.6 Å². The number of halogens is 1. The van der Waals surface area contributed by atoms with Gasteiger partial charge in [0, 0.05) is 44.3 Å². The highest BCUT2D eigenvalue weighted by atomic mass is 127. The van der Waals surface area contributed by atoms with E-state index < -0.39 is 0 Å². The van der Waals surface area contributed by atoms with Crippen LogP contribution in [0.5, 0.6) is 0 Å². The number of piperidine rings is 1. The van der Waals surface area contributed by atoms with Gasteiger partial charge in [-0.05, 0) is 53.5 Å². The van der Waals surface area contributed by atoms with E-state index in [1.807, 2.05) is 0 Å². The largest absolute Gasteiger partial charge is 0.357 e. The lowest BCUT2D eigenvalue weighted by molar-refractivity contribution is 0.167. The SMILES string of the molecule is CCNC(=NCCN(C)C1CCCC1)NC1CCN(C(C)C)CC1.I. The number of nitrogens with one attached hydrogen (secondary N) is 2. The van der Waals surface area contributed by atoms with Crippen molar-refractivity contribution in [2.75, 3.05) is 39.8 Å². The lowest BCUT2D eigenvalue weighted by atomic mass is 10.0. The van der Waals surface area contributed by atoms with Crippen LogP contribution in [0.2, 0.25) is 0 Å². The summed E-state index contributed by atoms with van der Waals surface area (Å²) in [6, 6.07) is 2.01. The first-order valence-corrected chi connectivity index (χ1v) is 10.1. The minimum atomic E-state index is 0. The van der Waals surface area contributed by atoms with Crippen LogP contribution >= 0.6 is 24.0 Å². The van der Waals surface area contributed by atoms with Crippen molar-refractivity contribution in [3.63, 3.8) is 0 Å². The lowest BCUT2D eigenvalue weighted by Gasteiger charge is -2.35. The van der Waals surface area contributed by atoms with E-state index in [0.29, 0.717) is 12.1 Å². The molecule has 6 heteroatoms. The molecule has 0 amide bonds. The Hall–Kier alpha value is -0.0800. The van der Waals surface area contributed by atoms with Crippen LogP contribution in [0.4, 0.5) is 0 Å². The van der Waals surface area contributed by atoms with E-state index in [9.17, 15) is 0 Å². The Labute approximate surface area is 172 Å². The van der Waals surface area contributed by atoms with Gasteiger partial charge in [0.15, 0.2) is 5.96 Å². The molecule has 0 radical (unpaired) electrons. The maximum absolute atomic E-state index is 4.81. The van der Waals surface area contributed by atoms with Gasteiger partial charge in [-0.2, -0.15) is 0 Å². The maximum Gasteiger partial charge on any atom is 0.191 e. The summed E-state index contributed by atoms with van der Waals surface area (Å²) in [5.41, 5.74) is 0. The average Bonchev–Trinajstić information content (AvgIpc) is 3.10. The molecule has 25 heavy (non-hydrogen) atoms. The van der Waals surface area contributed by atoms with Gasteiger partial charge < -0.3 is 20.4 Å². The van der Waals surface area contributed by atoms with Gasteiger partial charge in [0.1, 0.15) is 0 Å². The molecule has 5 nitrogen and oxygen atoms in total. The molecule has 0 bridgehead atoms. The molecule has 1 saturated heterocycles. The smallest absolute Gasteiger partial charge is 0.191 e. The molecule has 2 N–H and O–H groups in total. The van der Waals surface area contributed by atoms with Gasteiger partial charge in [0.25, 0.3) is 0 Å². The third-order valence-corrected chi connectivity index (χ3v) is 5.62. The van der Waals surface area contributed by atoms with Gasteiger partial charge in [-0.25, -0.2) is 0 Å². The van der Waals surface area contributed by atoms with Crippen LogP contribution in [0, 0.1) is 0 Å². The Morgan fingerprint density at radius 1 is 1.16 bits per heavy atom. The average molecular weight is 465 g/mol. The Bertz CT molecular complexity index is 374. The summed E-state index contributed by atoms with van der Waals surface area (Å²) in [4.78, 5) is 9.88. The monoisotopic (exact) mass is 465 g/mol. The molecule has 2 fully saturated rings. The van der Waals surface area contributed by atoms with Crippen LogP contribution in [-0.2, 0) is 0 Å². The number of nitrogens with zero attached hydrogens (tertiary/aromatic N) is 3. The second-order valence-electron chi connectivity index (χ2n) is 7.73. The third kappa shape index (κ3) is 7.99. The quantitative estimate of drug-likeness (QED) is 0.345. The minimum absolute atomic E-state index is 0. The molecule has 1 heterocycles. The zero-order valence-electron chi connectivity index (χ0n) is 16.8. The standard InChI is InChI=1S/C19H39N5.HI/c1-5-20-19(21-12-15-23(4)18-8-6-7-9-18)22-17-10-13-24(14-11-17)16(2)3;/h16-18H,5-15H2,1-4H3,(H2,20,21,22);1H. The summed E-state index contributed by atoms with van der Waals surface area (Å²) < 4.78 is 0. The van der Waals surface area contributed by atoms with Crippen LogP contribution in [0.25, 0.3) is 0 Å². The Kier molecular flexibility index (Phi) is 11.3. The first-order chi connectivity index (χ1) is 11.6. The van der Waals surface area contributed by atoms with Crippen molar-refractivity contribution in [3.05, 3.63) is 0 Å². The van der Waals surface area contributed by atoms with Crippen molar-refractivity contribution in [2.45, 2.75) is 77.4 Å². The molecule has 0 unspecified atom stereocenters. The number of aliphatic imine (C=N–C) groups is 1.